The first-order chi connectivity index (χ1) is 20.6. The number of rotatable bonds is 21. The molecule has 0 atom stereocenters. The van der Waals surface area contributed by atoms with Crippen LogP contribution in [0.1, 0.15) is 115 Å². The fourth-order valence-electron chi connectivity index (χ4n) is 4.97. The lowest BCUT2D eigenvalue weighted by atomic mass is 10.0. The first-order valence-corrected chi connectivity index (χ1v) is 16.7. The number of esters is 1. The molecule has 0 fully saturated rings. The first kappa shape index (κ1) is 33.5. The topological polar surface area (TPSA) is 87.0 Å². The minimum atomic E-state index is -0.323. The van der Waals surface area contributed by atoms with E-state index in [4.69, 9.17) is 4.74 Å². The minimum absolute atomic E-state index is 0.0696. The molecule has 0 bridgehead atoms. The van der Waals surface area contributed by atoms with Crippen molar-refractivity contribution in [2.75, 3.05) is 6.61 Å². The van der Waals surface area contributed by atoms with Gasteiger partial charge in [0.05, 0.1) is 18.7 Å². The zero-order valence-electron chi connectivity index (χ0n) is 25.6. The van der Waals surface area contributed by atoms with E-state index in [2.05, 4.69) is 22.1 Å². The maximum atomic E-state index is 12.8. The highest BCUT2D eigenvalue weighted by Gasteiger charge is 2.20. The van der Waals surface area contributed by atoms with E-state index in [0.717, 1.165) is 41.4 Å². The number of hydrogen-bond acceptors (Lipinski definition) is 7. The van der Waals surface area contributed by atoms with Crippen LogP contribution in [-0.4, -0.2) is 37.4 Å². The molecule has 1 aromatic carbocycles. The number of para-hydroxylation sites is 1. The van der Waals surface area contributed by atoms with Gasteiger partial charge >= 0.3 is 5.97 Å². The molecule has 8 heteroatoms. The minimum Gasteiger partial charge on any atom is -0.466 e. The van der Waals surface area contributed by atoms with E-state index in [9.17, 15) is 9.59 Å². The van der Waals surface area contributed by atoms with Crippen molar-refractivity contribution >= 4 is 22.8 Å². The third-order valence-electron chi connectivity index (χ3n) is 7.43. The van der Waals surface area contributed by atoms with E-state index in [1.54, 1.807) is 12.4 Å². The summed E-state index contributed by atoms with van der Waals surface area (Å²) in [5, 5.41) is 9.02. The summed E-state index contributed by atoms with van der Waals surface area (Å²) < 4.78 is 7.27. The third-order valence-corrected chi connectivity index (χ3v) is 8.31. The molecule has 0 saturated carbocycles. The van der Waals surface area contributed by atoms with Gasteiger partial charge in [0.15, 0.2) is 10.9 Å². The molecule has 0 spiro atoms. The number of aryl methyl sites for hydroxylation is 1. The van der Waals surface area contributed by atoms with Crippen molar-refractivity contribution in [3.63, 3.8) is 0 Å². The van der Waals surface area contributed by atoms with Gasteiger partial charge in [-0.1, -0.05) is 109 Å². The highest BCUT2D eigenvalue weighted by Crippen LogP contribution is 2.30. The van der Waals surface area contributed by atoms with Crippen LogP contribution in [0.15, 0.2) is 53.9 Å². The van der Waals surface area contributed by atoms with Crippen LogP contribution in [-0.2, 0) is 14.3 Å². The Morgan fingerprint density at radius 2 is 1.36 bits per heavy atom. The predicted octanol–water partition coefficient (Wildman–Crippen LogP) is 9.06. The standard InChI is InChI=1S/C34H48N4O3S/c1-3-4-5-6-7-8-9-10-11-12-13-14-15-18-27-41-31(39)21-22-32(40)42-34-37-36-33(29-23-25-35-26-24-29)38(34)30-20-17-16-19-28(30)2/h16-17,19-20,23-26H,3-15,18,21-22,27H2,1-2H3. The van der Waals surface area contributed by atoms with Crippen molar-refractivity contribution in [2.45, 2.75) is 122 Å². The van der Waals surface area contributed by atoms with Gasteiger partial charge in [0, 0.05) is 24.4 Å². The lowest BCUT2D eigenvalue weighted by Gasteiger charge is -2.12. The second kappa shape index (κ2) is 20.0. The van der Waals surface area contributed by atoms with Crippen molar-refractivity contribution in [3.05, 3.63) is 54.4 Å². The molecular weight excluding hydrogens is 544 g/mol. The van der Waals surface area contributed by atoms with E-state index in [-0.39, 0.29) is 23.9 Å². The number of ether oxygens (including phenoxy) is 1. The number of benzene rings is 1. The largest absolute Gasteiger partial charge is 0.466 e. The van der Waals surface area contributed by atoms with E-state index in [1.807, 2.05) is 47.9 Å². The Kier molecular flexibility index (Phi) is 16.0. The molecule has 7 nitrogen and oxygen atoms in total. The molecule has 0 N–H and O–H groups in total. The van der Waals surface area contributed by atoms with Gasteiger partial charge in [-0.05, 0) is 48.9 Å². The lowest BCUT2D eigenvalue weighted by Crippen LogP contribution is -2.08. The molecule has 2 heterocycles. The summed E-state index contributed by atoms with van der Waals surface area (Å²) >= 11 is 1.01. The van der Waals surface area contributed by atoms with Gasteiger partial charge in [-0.3, -0.25) is 19.1 Å². The summed E-state index contributed by atoms with van der Waals surface area (Å²) in [6.45, 7) is 4.70. The number of thioether (sulfide) groups is 1. The molecule has 3 aromatic rings. The van der Waals surface area contributed by atoms with Crippen LogP contribution in [0.4, 0.5) is 0 Å². The summed E-state index contributed by atoms with van der Waals surface area (Å²) in [4.78, 5) is 29.1. The molecule has 0 unspecified atom stereocenters. The van der Waals surface area contributed by atoms with Crippen LogP contribution in [0.3, 0.4) is 0 Å². The normalized spacial score (nSPS) is 11.1. The van der Waals surface area contributed by atoms with Gasteiger partial charge in [-0.2, -0.15) is 0 Å². The Balaban J connectivity index is 1.31. The van der Waals surface area contributed by atoms with Gasteiger partial charge in [-0.15, -0.1) is 10.2 Å². The maximum Gasteiger partial charge on any atom is 0.306 e. The zero-order chi connectivity index (χ0) is 29.8. The molecule has 2 aromatic heterocycles. The number of hydrogen-bond donors (Lipinski definition) is 0. The van der Waals surface area contributed by atoms with Crippen molar-refractivity contribution in [2.24, 2.45) is 0 Å². The second-order valence-electron chi connectivity index (χ2n) is 11.0. The van der Waals surface area contributed by atoms with Crippen LogP contribution < -0.4 is 0 Å². The van der Waals surface area contributed by atoms with Gasteiger partial charge in [0.25, 0.3) is 0 Å². The molecule has 3 rings (SSSR count). The van der Waals surface area contributed by atoms with Crippen molar-refractivity contribution in [1.29, 1.82) is 0 Å². The van der Waals surface area contributed by atoms with Crippen LogP contribution in [0.5, 0.6) is 0 Å². The average Bonchev–Trinajstić information content (AvgIpc) is 3.41. The smallest absolute Gasteiger partial charge is 0.306 e. The Bertz CT molecular complexity index is 1200. The quantitative estimate of drug-likeness (QED) is 0.0692. The summed E-state index contributed by atoms with van der Waals surface area (Å²) in [5.41, 5.74) is 2.79. The SMILES string of the molecule is CCCCCCCCCCCCCCCCOC(=O)CCC(=O)Sc1nnc(-c2ccncc2)n1-c1ccccc1C. The number of pyridine rings is 1. The highest BCUT2D eigenvalue weighted by molar-refractivity contribution is 8.13. The predicted molar refractivity (Wildman–Crippen MR) is 171 cm³/mol. The van der Waals surface area contributed by atoms with E-state index >= 15 is 0 Å². The van der Waals surface area contributed by atoms with E-state index < -0.39 is 0 Å². The van der Waals surface area contributed by atoms with Crippen LogP contribution in [0, 0.1) is 6.92 Å². The molecular formula is C34H48N4O3S. The van der Waals surface area contributed by atoms with Crippen LogP contribution in [0.25, 0.3) is 17.1 Å². The molecule has 0 radical (unpaired) electrons. The Morgan fingerprint density at radius 3 is 1.98 bits per heavy atom. The Hall–Kier alpha value is -3.00. The number of carbonyl (C=O) groups excluding carboxylic acids is 2. The zero-order valence-corrected chi connectivity index (χ0v) is 26.4. The van der Waals surface area contributed by atoms with Crippen LogP contribution >= 0.6 is 11.8 Å². The molecule has 228 valence electrons. The highest BCUT2D eigenvalue weighted by atomic mass is 32.2. The lowest BCUT2D eigenvalue weighted by molar-refractivity contribution is -0.144. The summed E-state index contributed by atoms with van der Waals surface area (Å²) in [5.74, 6) is 0.311. The fourth-order valence-corrected chi connectivity index (χ4v) is 5.73. The van der Waals surface area contributed by atoms with E-state index in [1.165, 1.54) is 77.0 Å². The Labute approximate surface area is 256 Å². The van der Waals surface area contributed by atoms with Crippen molar-refractivity contribution in [3.8, 4) is 17.1 Å². The molecule has 0 saturated heterocycles. The van der Waals surface area contributed by atoms with Gasteiger partial charge in [0.2, 0.25) is 5.16 Å². The monoisotopic (exact) mass is 592 g/mol. The molecule has 0 amide bonds. The molecule has 0 aliphatic carbocycles. The van der Waals surface area contributed by atoms with Gasteiger partial charge in [0.1, 0.15) is 0 Å². The summed E-state index contributed by atoms with van der Waals surface area (Å²) in [7, 11) is 0. The molecule has 42 heavy (non-hydrogen) atoms. The fraction of sp³-hybridized carbons (Fsp3) is 0.559. The van der Waals surface area contributed by atoms with Crippen molar-refractivity contribution < 1.29 is 14.3 Å². The van der Waals surface area contributed by atoms with E-state index in [0.29, 0.717) is 17.6 Å². The van der Waals surface area contributed by atoms with Gasteiger partial charge < -0.3 is 4.74 Å². The van der Waals surface area contributed by atoms with Crippen LogP contribution in [0.2, 0.25) is 0 Å². The summed E-state index contributed by atoms with van der Waals surface area (Å²) in [6.07, 6.45) is 21.6. The Morgan fingerprint density at radius 1 is 0.762 bits per heavy atom. The number of nitrogens with zero attached hydrogens (tertiary/aromatic N) is 4. The van der Waals surface area contributed by atoms with Gasteiger partial charge in [-0.25, -0.2) is 0 Å². The molecule has 0 aliphatic rings. The first-order valence-electron chi connectivity index (χ1n) is 15.9. The maximum absolute atomic E-state index is 12.8. The summed E-state index contributed by atoms with van der Waals surface area (Å²) in [6, 6.07) is 11.6. The molecule has 0 aliphatic heterocycles. The van der Waals surface area contributed by atoms with Crippen molar-refractivity contribution in [1.82, 2.24) is 19.7 Å². The number of aromatic nitrogens is 4. The third kappa shape index (κ3) is 12.1. The average molecular weight is 593 g/mol. The number of carbonyl (C=O) groups is 2. The number of unbranched alkanes of at least 4 members (excludes halogenated alkanes) is 13. The second-order valence-corrected chi connectivity index (χ2v) is 12.0.